The van der Waals surface area contributed by atoms with Crippen molar-refractivity contribution in [3.8, 4) is 0 Å². The van der Waals surface area contributed by atoms with Gasteiger partial charge in [0.2, 0.25) is 0 Å². The van der Waals surface area contributed by atoms with E-state index in [0.29, 0.717) is 24.2 Å². The lowest BCUT2D eigenvalue weighted by molar-refractivity contribution is 0.00980. The van der Waals surface area contributed by atoms with E-state index in [9.17, 15) is 18.6 Å². The maximum absolute atomic E-state index is 12.1. The Morgan fingerprint density at radius 3 is 2.29 bits per heavy atom. The predicted octanol–water partition coefficient (Wildman–Crippen LogP) is 2.32. The summed E-state index contributed by atoms with van der Waals surface area (Å²) in [5.41, 5.74) is 0.861. The quantitative estimate of drug-likeness (QED) is 0.772. The number of aryl methyl sites for hydroxylation is 1. The molecule has 2 unspecified atom stereocenters. The molecule has 0 radical (unpaired) electrons. The zero-order valence-corrected chi connectivity index (χ0v) is 13.8. The van der Waals surface area contributed by atoms with Crippen LogP contribution in [0, 0.1) is 0 Å². The van der Waals surface area contributed by atoms with Crippen molar-refractivity contribution >= 4 is 9.84 Å². The van der Waals surface area contributed by atoms with Crippen molar-refractivity contribution in [1.82, 2.24) is 0 Å². The molecule has 1 aromatic rings. The van der Waals surface area contributed by atoms with Crippen LogP contribution < -0.4 is 0 Å². The second-order valence-corrected chi connectivity index (χ2v) is 8.21. The Balaban J connectivity index is 2.74. The van der Waals surface area contributed by atoms with E-state index in [1.165, 1.54) is 0 Å². The lowest BCUT2D eigenvalue weighted by Gasteiger charge is -2.17. The van der Waals surface area contributed by atoms with Gasteiger partial charge in [-0.1, -0.05) is 25.5 Å². The Bertz CT molecular complexity index is 537. The Morgan fingerprint density at radius 2 is 1.71 bits per heavy atom. The summed E-state index contributed by atoms with van der Waals surface area (Å²) >= 11 is 0. The van der Waals surface area contributed by atoms with Crippen LogP contribution in [0.1, 0.15) is 45.6 Å². The van der Waals surface area contributed by atoms with E-state index in [0.717, 1.165) is 12.0 Å². The van der Waals surface area contributed by atoms with Crippen molar-refractivity contribution in [1.29, 1.82) is 0 Å². The molecule has 0 aliphatic heterocycles. The highest BCUT2D eigenvalue weighted by atomic mass is 32.2. The maximum atomic E-state index is 12.1. The van der Waals surface area contributed by atoms with E-state index in [-0.39, 0.29) is 0 Å². The van der Waals surface area contributed by atoms with Crippen LogP contribution in [0.3, 0.4) is 0 Å². The van der Waals surface area contributed by atoms with Crippen LogP contribution in [0.4, 0.5) is 0 Å². The normalized spacial score (nSPS) is 15.1. The highest BCUT2D eigenvalue weighted by molar-refractivity contribution is 7.92. The number of aliphatic hydroxyl groups is 2. The summed E-state index contributed by atoms with van der Waals surface area (Å²) in [6, 6.07) is 6.83. The molecular formula is C16H26O4S. The van der Waals surface area contributed by atoms with Gasteiger partial charge in [-0.3, -0.25) is 0 Å². The predicted molar refractivity (Wildman–Crippen MR) is 84.0 cm³/mol. The molecule has 0 spiro atoms. The number of rotatable bonds is 8. The van der Waals surface area contributed by atoms with Gasteiger partial charge in [0.05, 0.1) is 22.4 Å². The summed E-state index contributed by atoms with van der Waals surface area (Å²) < 4.78 is 24.3. The average molecular weight is 314 g/mol. The van der Waals surface area contributed by atoms with Crippen LogP contribution >= 0.6 is 0 Å². The molecule has 5 heteroatoms. The van der Waals surface area contributed by atoms with Gasteiger partial charge >= 0.3 is 0 Å². The Morgan fingerprint density at radius 1 is 1.10 bits per heavy atom. The molecule has 0 aliphatic carbocycles. The van der Waals surface area contributed by atoms with Gasteiger partial charge in [-0.25, -0.2) is 8.42 Å². The van der Waals surface area contributed by atoms with Crippen LogP contribution in [0.15, 0.2) is 29.2 Å². The van der Waals surface area contributed by atoms with Gasteiger partial charge in [0.15, 0.2) is 9.84 Å². The highest BCUT2D eigenvalue weighted by Crippen LogP contribution is 2.19. The van der Waals surface area contributed by atoms with Crippen molar-refractivity contribution in [2.75, 3.05) is 0 Å². The molecule has 2 atom stereocenters. The molecule has 0 bridgehead atoms. The van der Waals surface area contributed by atoms with Crippen LogP contribution in [0.25, 0.3) is 0 Å². The molecule has 2 N–H and O–H groups in total. The molecule has 0 saturated carbocycles. The van der Waals surface area contributed by atoms with Gasteiger partial charge in [0.25, 0.3) is 0 Å². The van der Waals surface area contributed by atoms with Crippen molar-refractivity contribution in [3.05, 3.63) is 29.8 Å². The highest BCUT2D eigenvalue weighted by Gasteiger charge is 2.20. The lowest BCUT2D eigenvalue weighted by atomic mass is 10.0. The van der Waals surface area contributed by atoms with Gasteiger partial charge in [-0.15, -0.1) is 0 Å². The minimum absolute atomic E-state index is 0.318. The standard InChI is InChI=1S/C16H26O4S/c1-4-6-15(17)16(18)10-9-13-7-5-8-14(11-13)21(19,20)12(2)3/h5,7-8,11-12,15-18H,4,6,9-10H2,1-3H3. The molecule has 1 rings (SSSR count). The molecule has 0 amide bonds. The molecule has 120 valence electrons. The fourth-order valence-corrected chi connectivity index (χ4v) is 3.27. The molecule has 0 aliphatic rings. The first kappa shape index (κ1) is 18.1. The average Bonchev–Trinajstić information content (AvgIpc) is 2.45. The Labute approximate surface area is 127 Å². The zero-order chi connectivity index (χ0) is 16.0. The smallest absolute Gasteiger partial charge is 0.180 e. The van der Waals surface area contributed by atoms with E-state index in [2.05, 4.69) is 0 Å². The lowest BCUT2D eigenvalue weighted by Crippen LogP contribution is -2.26. The SMILES string of the molecule is CCCC(O)C(O)CCc1cccc(S(=O)(=O)C(C)C)c1. The number of aliphatic hydroxyl groups excluding tert-OH is 2. The van der Waals surface area contributed by atoms with E-state index in [1.54, 1.807) is 32.0 Å². The molecule has 0 saturated heterocycles. The van der Waals surface area contributed by atoms with Crippen LogP contribution in [-0.2, 0) is 16.3 Å². The van der Waals surface area contributed by atoms with E-state index in [4.69, 9.17) is 0 Å². The summed E-state index contributed by atoms with van der Waals surface area (Å²) in [4.78, 5) is 0.318. The van der Waals surface area contributed by atoms with Crippen LogP contribution in [0.5, 0.6) is 0 Å². The molecule has 4 nitrogen and oxygen atoms in total. The first-order chi connectivity index (χ1) is 9.78. The van der Waals surface area contributed by atoms with Gasteiger partial charge in [-0.2, -0.15) is 0 Å². The summed E-state index contributed by atoms with van der Waals surface area (Å²) in [5, 5.41) is 19.1. The third-order valence-electron chi connectivity index (χ3n) is 3.60. The van der Waals surface area contributed by atoms with E-state index in [1.807, 2.05) is 13.0 Å². The third-order valence-corrected chi connectivity index (χ3v) is 5.76. The minimum atomic E-state index is -3.27. The molecule has 0 heterocycles. The molecule has 0 fully saturated rings. The molecule has 0 aromatic heterocycles. The molecule has 1 aromatic carbocycles. The number of sulfone groups is 1. The summed E-state index contributed by atoms with van der Waals surface area (Å²) in [7, 11) is -3.27. The molecule has 21 heavy (non-hydrogen) atoms. The Hall–Kier alpha value is -0.910. The summed E-state index contributed by atoms with van der Waals surface area (Å²) in [6.07, 6.45) is 0.881. The van der Waals surface area contributed by atoms with Gasteiger partial charge in [0, 0.05) is 0 Å². The minimum Gasteiger partial charge on any atom is -0.390 e. The second kappa shape index (κ2) is 7.92. The number of hydrogen-bond donors (Lipinski definition) is 2. The number of benzene rings is 1. The fourth-order valence-electron chi connectivity index (χ4n) is 2.15. The van der Waals surface area contributed by atoms with Crippen molar-refractivity contribution in [2.45, 2.75) is 68.8 Å². The van der Waals surface area contributed by atoms with Gasteiger partial charge < -0.3 is 10.2 Å². The van der Waals surface area contributed by atoms with Crippen LogP contribution in [-0.4, -0.2) is 36.1 Å². The Kier molecular flexibility index (Phi) is 6.84. The van der Waals surface area contributed by atoms with Gasteiger partial charge in [-0.05, 0) is 50.8 Å². The van der Waals surface area contributed by atoms with Crippen LogP contribution in [0.2, 0.25) is 0 Å². The zero-order valence-electron chi connectivity index (χ0n) is 13.0. The van der Waals surface area contributed by atoms with E-state index >= 15 is 0 Å². The van der Waals surface area contributed by atoms with Crippen molar-refractivity contribution in [2.24, 2.45) is 0 Å². The largest absolute Gasteiger partial charge is 0.390 e. The van der Waals surface area contributed by atoms with Gasteiger partial charge in [0.1, 0.15) is 0 Å². The second-order valence-electron chi connectivity index (χ2n) is 5.70. The first-order valence-electron chi connectivity index (χ1n) is 7.48. The maximum Gasteiger partial charge on any atom is 0.180 e. The summed E-state index contributed by atoms with van der Waals surface area (Å²) in [6.45, 7) is 5.27. The monoisotopic (exact) mass is 314 g/mol. The van der Waals surface area contributed by atoms with E-state index < -0.39 is 27.3 Å². The van der Waals surface area contributed by atoms with Crippen molar-refractivity contribution < 1.29 is 18.6 Å². The third kappa shape index (κ3) is 5.09. The first-order valence-corrected chi connectivity index (χ1v) is 9.02. The fraction of sp³-hybridized carbons (Fsp3) is 0.625. The summed E-state index contributed by atoms with van der Waals surface area (Å²) in [5.74, 6) is 0. The van der Waals surface area contributed by atoms with Crippen molar-refractivity contribution in [3.63, 3.8) is 0 Å². The molecular weight excluding hydrogens is 288 g/mol. The topological polar surface area (TPSA) is 74.6 Å². The number of hydrogen-bond acceptors (Lipinski definition) is 4.